The summed E-state index contributed by atoms with van der Waals surface area (Å²) in [7, 11) is 0. The molecule has 2 saturated heterocycles. The molecule has 0 saturated carbocycles. The van der Waals surface area contributed by atoms with Gasteiger partial charge in [0.1, 0.15) is 0 Å². The molecule has 0 aromatic heterocycles. The third-order valence-electron chi connectivity index (χ3n) is 4.16. The summed E-state index contributed by atoms with van der Waals surface area (Å²) < 4.78 is 5.54. The largest absolute Gasteiger partial charge is 0.377 e. The first-order chi connectivity index (χ1) is 8.59. The zero-order chi connectivity index (χ0) is 13.1. The molecule has 2 rings (SSSR count). The molecule has 4 heteroatoms. The number of rotatable bonds is 4. The average Bonchev–Trinajstić information content (AvgIpc) is 2.25. The molecule has 2 heterocycles. The molecule has 0 radical (unpaired) electrons. The van der Waals surface area contributed by atoms with E-state index in [2.05, 4.69) is 31.0 Å². The third kappa shape index (κ3) is 3.04. The van der Waals surface area contributed by atoms with Crippen LogP contribution in [-0.4, -0.2) is 49.7 Å². The van der Waals surface area contributed by atoms with Crippen molar-refractivity contribution in [1.29, 1.82) is 0 Å². The summed E-state index contributed by atoms with van der Waals surface area (Å²) >= 11 is 0. The molecule has 4 nitrogen and oxygen atoms in total. The Morgan fingerprint density at radius 1 is 1.39 bits per heavy atom. The predicted molar refractivity (Wildman–Crippen MR) is 71.3 cm³/mol. The molecule has 1 N–H and O–H groups in total. The van der Waals surface area contributed by atoms with E-state index in [1.54, 1.807) is 0 Å². The van der Waals surface area contributed by atoms with Gasteiger partial charge in [-0.15, -0.1) is 0 Å². The van der Waals surface area contributed by atoms with Crippen LogP contribution in [0.1, 0.15) is 27.2 Å². The molecule has 104 valence electrons. The number of hydrogen-bond donors (Lipinski definition) is 1. The molecule has 2 aliphatic rings. The van der Waals surface area contributed by atoms with Gasteiger partial charge in [-0.05, 0) is 31.3 Å². The van der Waals surface area contributed by atoms with E-state index in [1.165, 1.54) is 0 Å². The van der Waals surface area contributed by atoms with Gasteiger partial charge in [0.25, 0.3) is 0 Å². The molecule has 18 heavy (non-hydrogen) atoms. The Morgan fingerprint density at radius 3 is 2.67 bits per heavy atom. The minimum absolute atomic E-state index is 0.152. The number of carbonyl (C=O) groups excluding carboxylic acids is 1. The van der Waals surface area contributed by atoms with E-state index in [1.807, 2.05) is 0 Å². The molecule has 2 aliphatic heterocycles. The number of hydrogen-bond acceptors (Lipinski definition) is 3. The van der Waals surface area contributed by atoms with Gasteiger partial charge in [-0.2, -0.15) is 0 Å². The first kappa shape index (κ1) is 13.8. The number of amides is 1. The second kappa shape index (κ2) is 6.02. The number of morpholine rings is 1. The van der Waals surface area contributed by atoms with E-state index in [0.717, 1.165) is 26.1 Å². The normalized spacial score (nSPS) is 27.1. The summed E-state index contributed by atoms with van der Waals surface area (Å²) in [5, 5.41) is 3.25. The fourth-order valence-electron chi connectivity index (χ4n) is 2.81. The van der Waals surface area contributed by atoms with Crippen molar-refractivity contribution in [3.05, 3.63) is 0 Å². The van der Waals surface area contributed by atoms with Gasteiger partial charge in [-0.25, -0.2) is 0 Å². The van der Waals surface area contributed by atoms with E-state index in [0.29, 0.717) is 31.0 Å². The molecule has 2 unspecified atom stereocenters. The lowest BCUT2D eigenvalue weighted by Crippen LogP contribution is -2.55. The number of nitrogens with one attached hydrogen (secondary N) is 1. The topological polar surface area (TPSA) is 41.6 Å². The summed E-state index contributed by atoms with van der Waals surface area (Å²) in [6, 6.07) is 0.279. The standard InChI is InChI=1S/C14H26N2O2/c1-10(2)6-13-9-18-5-4-16(13)14(17)11(3)12-7-15-8-12/h10-13,15H,4-9H2,1-3H3. The van der Waals surface area contributed by atoms with Crippen LogP contribution in [0.15, 0.2) is 0 Å². The van der Waals surface area contributed by atoms with Crippen LogP contribution < -0.4 is 5.32 Å². The van der Waals surface area contributed by atoms with Crippen molar-refractivity contribution in [1.82, 2.24) is 10.2 Å². The molecule has 0 spiro atoms. The highest BCUT2D eigenvalue weighted by Gasteiger charge is 2.35. The number of ether oxygens (including phenoxy) is 1. The van der Waals surface area contributed by atoms with Crippen LogP contribution in [0, 0.1) is 17.8 Å². The van der Waals surface area contributed by atoms with Crippen LogP contribution in [-0.2, 0) is 9.53 Å². The Morgan fingerprint density at radius 2 is 2.11 bits per heavy atom. The summed E-state index contributed by atoms with van der Waals surface area (Å²) in [6.45, 7) is 10.6. The smallest absolute Gasteiger partial charge is 0.226 e. The lowest BCUT2D eigenvalue weighted by atomic mass is 9.87. The zero-order valence-electron chi connectivity index (χ0n) is 11.8. The van der Waals surface area contributed by atoms with Crippen LogP contribution >= 0.6 is 0 Å². The van der Waals surface area contributed by atoms with Crippen LogP contribution in [0.5, 0.6) is 0 Å². The zero-order valence-corrected chi connectivity index (χ0v) is 11.8. The van der Waals surface area contributed by atoms with Crippen molar-refractivity contribution in [2.45, 2.75) is 33.2 Å². The van der Waals surface area contributed by atoms with E-state index in [9.17, 15) is 4.79 Å². The maximum atomic E-state index is 12.6. The Labute approximate surface area is 110 Å². The maximum absolute atomic E-state index is 12.6. The Balaban J connectivity index is 1.96. The van der Waals surface area contributed by atoms with Crippen LogP contribution in [0.4, 0.5) is 0 Å². The van der Waals surface area contributed by atoms with Gasteiger partial charge in [0.05, 0.1) is 19.3 Å². The second-order valence-electron chi connectivity index (χ2n) is 6.10. The Kier molecular flexibility index (Phi) is 4.62. The van der Waals surface area contributed by atoms with E-state index in [-0.39, 0.29) is 12.0 Å². The minimum Gasteiger partial charge on any atom is -0.377 e. The molecule has 0 aromatic carbocycles. The molecule has 0 aromatic rings. The second-order valence-corrected chi connectivity index (χ2v) is 6.10. The van der Waals surface area contributed by atoms with Gasteiger partial charge < -0.3 is 15.0 Å². The molecule has 0 bridgehead atoms. The van der Waals surface area contributed by atoms with Crippen molar-refractivity contribution in [2.75, 3.05) is 32.8 Å². The van der Waals surface area contributed by atoms with E-state index >= 15 is 0 Å². The Hall–Kier alpha value is -0.610. The first-order valence-corrected chi connectivity index (χ1v) is 7.18. The lowest BCUT2D eigenvalue weighted by Gasteiger charge is -2.41. The van der Waals surface area contributed by atoms with Crippen molar-refractivity contribution in [3.63, 3.8) is 0 Å². The van der Waals surface area contributed by atoms with Crippen LogP contribution in [0.3, 0.4) is 0 Å². The lowest BCUT2D eigenvalue weighted by molar-refractivity contribution is -0.146. The van der Waals surface area contributed by atoms with Gasteiger partial charge >= 0.3 is 0 Å². The van der Waals surface area contributed by atoms with Gasteiger partial charge in [0.2, 0.25) is 5.91 Å². The quantitative estimate of drug-likeness (QED) is 0.817. The van der Waals surface area contributed by atoms with Gasteiger partial charge in [-0.1, -0.05) is 20.8 Å². The van der Waals surface area contributed by atoms with E-state index in [4.69, 9.17) is 4.74 Å². The highest BCUT2D eigenvalue weighted by atomic mass is 16.5. The molecular weight excluding hydrogens is 228 g/mol. The fraction of sp³-hybridized carbons (Fsp3) is 0.929. The number of carbonyl (C=O) groups is 1. The molecule has 2 fully saturated rings. The summed E-state index contributed by atoms with van der Waals surface area (Å²) in [5.74, 6) is 1.61. The van der Waals surface area contributed by atoms with Gasteiger partial charge in [-0.3, -0.25) is 4.79 Å². The molecule has 1 amide bonds. The first-order valence-electron chi connectivity index (χ1n) is 7.18. The SMILES string of the molecule is CC(C)CC1COCCN1C(=O)C(C)C1CNC1. The fourth-order valence-corrected chi connectivity index (χ4v) is 2.81. The number of nitrogens with zero attached hydrogens (tertiary/aromatic N) is 1. The molecular formula is C14H26N2O2. The van der Waals surface area contributed by atoms with Gasteiger partial charge in [0, 0.05) is 12.5 Å². The van der Waals surface area contributed by atoms with Crippen LogP contribution in [0.25, 0.3) is 0 Å². The van der Waals surface area contributed by atoms with Gasteiger partial charge in [0.15, 0.2) is 0 Å². The summed E-state index contributed by atoms with van der Waals surface area (Å²) in [5.41, 5.74) is 0. The highest BCUT2D eigenvalue weighted by Crippen LogP contribution is 2.23. The minimum atomic E-state index is 0.152. The van der Waals surface area contributed by atoms with Crippen molar-refractivity contribution < 1.29 is 9.53 Å². The van der Waals surface area contributed by atoms with Crippen molar-refractivity contribution in [2.24, 2.45) is 17.8 Å². The summed E-state index contributed by atoms with van der Waals surface area (Å²) in [4.78, 5) is 14.6. The van der Waals surface area contributed by atoms with Crippen molar-refractivity contribution >= 4 is 5.91 Å². The van der Waals surface area contributed by atoms with Crippen molar-refractivity contribution in [3.8, 4) is 0 Å². The molecule has 0 aliphatic carbocycles. The average molecular weight is 254 g/mol. The summed E-state index contributed by atoms with van der Waals surface area (Å²) in [6.07, 6.45) is 1.04. The maximum Gasteiger partial charge on any atom is 0.226 e. The Bertz CT molecular complexity index is 290. The van der Waals surface area contributed by atoms with E-state index < -0.39 is 0 Å². The predicted octanol–water partition coefficient (Wildman–Crippen LogP) is 1.12. The third-order valence-corrected chi connectivity index (χ3v) is 4.16. The monoisotopic (exact) mass is 254 g/mol. The molecule has 2 atom stereocenters. The highest BCUT2D eigenvalue weighted by molar-refractivity contribution is 5.79. The van der Waals surface area contributed by atoms with Crippen LogP contribution in [0.2, 0.25) is 0 Å².